The molecule has 0 spiro atoms. The maximum Gasteiger partial charge on any atom is 0.258 e. The van der Waals surface area contributed by atoms with Crippen LogP contribution in [0.2, 0.25) is 0 Å². The van der Waals surface area contributed by atoms with Crippen LogP contribution in [-0.2, 0) is 0 Å². The molecule has 20 heavy (non-hydrogen) atoms. The third-order valence-electron chi connectivity index (χ3n) is 2.84. The minimum absolute atomic E-state index is 0.0327. The van der Waals surface area contributed by atoms with Gasteiger partial charge in [0.25, 0.3) is 5.56 Å². The molecule has 0 aliphatic rings. The SMILES string of the molecule is CC(Sc1ncccn1)c1nc2ccccc2c(=O)[nH]1. The van der Waals surface area contributed by atoms with E-state index in [1.165, 1.54) is 11.8 Å². The average molecular weight is 284 g/mol. The zero-order chi connectivity index (χ0) is 13.9. The molecule has 2 aromatic heterocycles. The van der Waals surface area contributed by atoms with Gasteiger partial charge in [0.05, 0.1) is 16.2 Å². The van der Waals surface area contributed by atoms with Crippen molar-refractivity contribution in [2.45, 2.75) is 17.3 Å². The molecule has 1 N–H and O–H groups in total. The number of fused-ring (bicyclic) bond motifs is 1. The number of hydrogen-bond acceptors (Lipinski definition) is 5. The van der Waals surface area contributed by atoms with E-state index in [1.807, 2.05) is 25.1 Å². The Hall–Kier alpha value is -2.21. The second-order valence-corrected chi connectivity index (χ2v) is 5.57. The minimum atomic E-state index is -0.118. The lowest BCUT2D eigenvalue weighted by atomic mass is 10.2. The number of rotatable bonds is 3. The quantitative estimate of drug-likeness (QED) is 0.591. The number of aromatic nitrogens is 4. The molecule has 1 atom stereocenters. The van der Waals surface area contributed by atoms with Gasteiger partial charge in [0.2, 0.25) is 0 Å². The highest BCUT2D eigenvalue weighted by Crippen LogP contribution is 2.30. The number of H-pyrrole nitrogens is 1. The van der Waals surface area contributed by atoms with E-state index >= 15 is 0 Å². The molecule has 3 rings (SSSR count). The first-order valence-electron chi connectivity index (χ1n) is 6.16. The summed E-state index contributed by atoms with van der Waals surface area (Å²) in [5.74, 6) is 0.631. The molecule has 2 heterocycles. The van der Waals surface area contributed by atoms with Crippen molar-refractivity contribution in [2.75, 3.05) is 0 Å². The van der Waals surface area contributed by atoms with Crippen LogP contribution in [0.4, 0.5) is 0 Å². The number of thioether (sulfide) groups is 1. The van der Waals surface area contributed by atoms with Gasteiger partial charge < -0.3 is 4.98 Å². The number of hydrogen-bond donors (Lipinski definition) is 1. The van der Waals surface area contributed by atoms with Crippen LogP contribution < -0.4 is 5.56 Å². The number of nitrogens with one attached hydrogen (secondary N) is 1. The molecule has 3 aromatic rings. The molecule has 0 saturated heterocycles. The smallest absolute Gasteiger partial charge is 0.258 e. The van der Waals surface area contributed by atoms with E-state index in [4.69, 9.17) is 0 Å². The van der Waals surface area contributed by atoms with Crippen molar-refractivity contribution >= 4 is 22.7 Å². The molecular weight excluding hydrogens is 272 g/mol. The van der Waals surface area contributed by atoms with Crippen molar-refractivity contribution in [2.24, 2.45) is 0 Å². The van der Waals surface area contributed by atoms with E-state index < -0.39 is 0 Å². The van der Waals surface area contributed by atoms with Gasteiger partial charge in [-0.15, -0.1) is 0 Å². The Morgan fingerprint density at radius 1 is 1.15 bits per heavy atom. The van der Waals surface area contributed by atoms with Crippen LogP contribution in [0.3, 0.4) is 0 Å². The zero-order valence-electron chi connectivity index (χ0n) is 10.8. The Balaban J connectivity index is 1.96. The fourth-order valence-corrected chi connectivity index (χ4v) is 2.64. The summed E-state index contributed by atoms with van der Waals surface area (Å²) in [5, 5.41) is 1.23. The molecule has 0 aliphatic heterocycles. The van der Waals surface area contributed by atoms with E-state index in [2.05, 4.69) is 19.9 Å². The van der Waals surface area contributed by atoms with Crippen molar-refractivity contribution < 1.29 is 0 Å². The summed E-state index contributed by atoms with van der Waals surface area (Å²) in [4.78, 5) is 27.7. The summed E-state index contributed by atoms with van der Waals surface area (Å²) in [7, 11) is 0. The predicted molar refractivity (Wildman–Crippen MR) is 78.7 cm³/mol. The molecule has 0 amide bonds. The lowest BCUT2D eigenvalue weighted by Gasteiger charge is -2.09. The van der Waals surface area contributed by atoms with Gasteiger partial charge in [0, 0.05) is 12.4 Å². The van der Waals surface area contributed by atoms with Gasteiger partial charge in [0.1, 0.15) is 5.82 Å². The highest BCUT2D eigenvalue weighted by Gasteiger charge is 2.13. The van der Waals surface area contributed by atoms with Crippen molar-refractivity contribution in [1.82, 2.24) is 19.9 Å². The number of nitrogens with zero attached hydrogens (tertiary/aromatic N) is 3. The van der Waals surface area contributed by atoms with Gasteiger partial charge in [-0.25, -0.2) is 15.0 Å². The summed E-state index contributed by atoms with van der Waals surface area (Å²) in [5.41, 5.74) is 0.583. The van der Waals surface area contributed by atoms with Gasteiger partial charge in [-0.1, -0.05) is 23.9 Å². The second kappa shape index (κ2) is 5.42. The first kappa shape index (κ1) is 12.8. The van der Waals surface area contributed by atoms with Crippen LogP contribution in [0.25, 0.3) is 10.9 Å². The first-order chi connectivity index (χ1) is 9.74. The standard InChI is InChI=1S/C14H12N4OS/c1-9(20-14-15-7-4-8-16-14)12-17-11-6-3-2-5-10(11)13(19)18-12/h2-9H,1H3,(H,17,18,19). The summed E-state index contributed by atoms with van der Waals surface area (Å²) in [6, 6.07) is 9.07. The van der Waals surface area contributed by atoms with Crippen LogP contribution in [0, 0.1) is 0 Å². The fraction of sp³-hybridized carbons (Fsp3) is 0.143. The molecule has 100 valence electrons. The maximum absolute atomic E-state index is 12.0. The molecule has 0 radical (unpaired) electrons. The molecular formula is C14H12N4OS. The van der Waals surface area contributed by atoms with Gasteiger partial charge >= 0.3 is 0 Å². The minimum Gasteiger partial charge on any atom is -0.309 e. The average Bonchev–Trinajstić information content (AvgIpc) is 2.48. The van der Waals surface area contributed by atoms with Crippen molar-refractivity contribution in [1.29, 1.82) is 0 Å². The summed E-state index contributed by atoms with van der Waals surface area (Å²) in [6.45, 7) is 1.97. The van der Waals surface area contributed by atoms with Gasteiger partial charge in [-0.05, 0) is 25.1 Å². The molecule has 1 aromatic carbocycles. The molecule has 6 heteroatoms. The highest BCUT2D eigenvalue weighted by atomic mass is 32.2. The Labute approximate surface area is 119 Å². The Morgan fingerprint density at radius 3 is 2.70 bits per heavy atom. The van der Waals surface area contributed by atoms with Crippen molar-refractivity contribution in [3.8, 4) is 0 Å². The van der Waals surface area contributed by atoms with Gasteiger partial charge in [-0.2, -0.15) is 0 Å². The van der Waals surface area contributed by atoms with Crippen molar-refractivity contribution in [3.63, 3.8) is 0 Å². The fourth-order valence-electron chi connectivity index (χ4n) is 1.86. The molecule has 0 fully saturated rings. The molecule has 0 aliphatic carbocycles. The Bertz CT molecular complexity index is 788. The summed E-state index contributed by atoms with van der Waals surface area (Å²) in [6.07, 6.45) is 3.39. The lowest BCUT2D eigenvalue weighted by Crippen LogP contribution is -2.12. The third-order valence-corrected chi connectivity index (χ3v) is 3.84. The highest BCUT2D eigenvalue weighted by molar-refractivity contribution is 7.99. The van der Waals surface area contributed by atoms with E-state index in [0.29, 0.717) is 21.9 Å². The van der Waals surface area contributed by atoms with E-state index in [0.717, 1.165) is 0 Å². The largest absolute Gasteiger partial charge is 0.309 e. The maximum atomic E-state index is 12.0. The molecule has 1 unspecified atom stereocenters. The topological polar surface area (TPSA) is 71.5 Å². The Kier molecular flexibility index (Phi) is 3.47. The summed E-state index contributed by atoms with van der Waals surface area (Å²) >= 11 is 1.46. The van der Waals surface area contributed by atoms with Gasteiger partial charge in [-0.3, -0.25) is 4.79 Å². The monoisotopic (exact) mass is 284 g/mol. The van der Waals surface area contributed by atoms with Gasteiger partial charge in [0.15, 0.2) is 5.16 Å². The van der Waals surface area contributed by atoms with Crippen LogP contribution in [-0.4, -0.2) is 19.9 Å². The normalized spacial score (nSPS) is 12.4. The van der Waals surface area contributed by atoms with E-state index in [9.17, 15) is 4.79 Å². The van der Waals surface area contributed by atoms with E-state index in [1.54, 1.807) is 24.5 Å². The summed E-state index contributed by atoms with van der Waals surface area (Å²) < 4.78 is 0. The number of aromatic amines is 1. The number of benzene rings is 1. The second-order valence-electron chi connectivity index (χ2n) is 4.26. The first-order valence-corrected chi connectivity index (χ1v) is 7.04. The molecule has 0 saturated carbocycles. The molecule has 0 bridgehead atoms. The van der Waals surface area contributed by atoms with Crippen LogP contribution in [0.15, 0.2) is 52.7 Å². The number of para-hydroxylation sites is 1. The van der Waals surface area contributed by atoms with Crippen LogP contribution >= 0.6 is 11.8 Å². The third kappa shape index (κ3) is 2.55. The van der Waals surface area contributed by atoms with Crippen LogP contribution in [0.5, 0.6) is 0 Å². The van der Waals surface area contributed by atoms with Crippen LogP contribution in [0.1, 0.15) is 18.0 Å². The zero-order valence-corrected chi connectivity index (χ0v) is 11.6. The molecule has 5 nitrogen and oxygen atoms in total. The lowest BCUT2D eigenvalue weighted by molar-refractivity contribution is 0.900. The Morgan fingerprint density at radius 2 is 1.90 bits per heavy atom. The van der Waals surface area contributed by atoms with Crippen molar-refractivity contribution in [3.05, 3.63) is 58.9 Å². The van der Waals surface area contributed by atoms with E-state index in [-0.39, 0.29) is 10.8 Å². The predicted octanol–water partition coefficient (Wildman–Crippen LogP) is 2.57.